The van der Waals surface area contributed by atoms with E-state index in [1.165, 1.54) is 11.1 Å². The molecule has 1 saturated heterocycles. The smallest absolute Gasteiger partial charge is 0.410 e. The second kappa shape index (κ2) is 12.0. The van der Waals surface area contributed by atoms with Crippen molar-refractivity contribution in [3.63, 3.8) is 0 Å². The summed E-state index contributed by atoms with van der Waals surface area (Å²) in [5.41, 5.74) is 2.28. The summed E-state index contributed by atoms with van der Waals surface area (Å²) in [6.07, 6.45) is 2.97. The number of piperidine rings is 1. The van der Waals surface area contributed by atoms with Crippen LogP contribution >= 0.6 is 0 Å². The Labute approximate surface area is 193 Å². The van der Waals surface area contributed by atoms with E-state index in [1.54, 1.807) is 0 Å². The summed E-state index contributed by atoms with van der Waals surface area (Å²) in [4.78, 5) is 14.2. The number of amides is 1. The Hall–Kier alpha value is -2.37. The summed E-state index contributed by atoms with van der Waals surface area (Å²) in [5, 5.41) is 7.20. The average molecular weight is 438 g/mol. The van der Waals surface area contributed by atoms with Gasteiger partial charge in [0.05, 0.1) is 0 Å². The highest BCUT2D eigenvalue weighted by molar-refractivity contribution is 5.68. The zero-order valence-corrected chi connectivity index (χ0v) is 19.8. The molecular formula is C27H39N3O2. The van der Waals surface area contributed by atoms with E-state index in [9.17, 15) is 4.79 Å². The van der Waals surface area contributed by atoms with Crippen LogP contribution in [0.2, 0.25) is 0 Å². The molecule has 0 saturated carbocycles. The van der Waals surface area contributed by atoms with Gasteiger partial charge in [-0.15, -0.1) is 0 Å². The van der Waals surface area contributed by atoms with Crippen molar-refractivity contribution in [2.75, 3.05) is 32.7 Å². The number of hydrogen-bond acceptors (Lipinski definition) is 4. The predicted octanol–water partition coefficient (Wildman–Crippen LogP) is 4.79. The summed E-state index contributed by atoms with van der Waals surface area (Å²) in [6.45, 7) is 10.0. The molecule has 5 nitrogen and oxygen atoms in total. The number of rotatable bonds is 9. The maximum absolute atomic E-state index is 12.3. The molecule has 0 spiro atoms. The van der Waals surface area contributed by atoms with Gasteiger partial charge in [0.25, 0.3) is 0 Å². The minimum absolute atomic E-state index is 0.199. The van der Waals surface area contributed by atoms with E-state index in [-0.39, 0.29) is 6.09 Å². The molecule has 0 radical (unpaired) electrons. The Morgan fingerprint density at radius 1 is 1.00 bits per heavy atom. The fourth-order valence-electron chi connectivity index (χ4n) is 4.27. The van der Waals surface area contributed by atoms with Gasteiger partial charge in [-0.05, 0) is 57.7 Å². The van der Waals surface area contributed by atoms with Gasteiger partial charge in [0.1, 0.15) is 5.60 Å². The summed E-state index contributed by atoms with van der Waals surface area (Å²) < 4.78 is 5.53. The SMILES string of the molecule is CC(C)(C)OC(=O)N1CCCC(NCCNCCC(c2ccccc2)c2ccccc2)C1. The number of hydrogen-bond donors (Lipinski definition) is 2. The molecule has 1 amide bonds. The van der Waals surface area contributed by atoms with Gasteiger partial charge in [0.15, 0.2) is 0 Å². The quantitative estimate of drug-likeness (QED) is 0.554. The van der Waals surface area contributed by atoms with E-state index in [2.05, 4.69) is 71.3 Å². The van der Waals surface area contributed by atoms with Gasteiger partial charge in [0, 0.05) is 38.1 Å². The Morgan fingerprint density at radius 2 is 1.62 bits per heavy atom. The topological polar surface area (TPSA) is 53.6 Å². The van der Waals surface area contributed by atoms with Crippen molar-refractivity contribution < 1.29 is 9.53 Å². The van der Waals surface area contributed by atoms with E-state index in [0.29, 0.717) is 12.0 Å². The lowest BCUT2D eigenvalue weighted by molar-refractivity contribution is 0.0188. The molecule has 0 aromatic heterocycles. The summed E-state index contributed by atoms with van der Waals surface area (Å²) in [6, 6.07) is 21.8. The second-order valence-electron chi connectivity index (χ2n) is 9.63. The van der Waals surface area contributed by atoms with E-state index < -0.39 is 5.60 Å². The normalized spacial score (nSPS) is 16.9. The van der Waals surface area contributed by atoms with Crippen LogP contribution in [-0.2, 0) is 4.74 Å². The van der Waals surface area contributed by atoms with E-state index >= 15 is 0 Å². The van der Waals surface area contributed by atoms with E-state index in [1.807, 2.05) is 25.7 Å². The van der Waals surface area contributed by atoms with Gasteiger partial charge < -0.3 is 20.3 Å². The summed E-state index contributed by atoms with van der Waals surface area (Å²) >= 11 is 0. The molecule has 2 aromatic carbocycles. The highest BCUT2D eigenvalue weighted by Gasteiger charge is 2.27. The number of carbonyl (C=O) groups excluding carboxylic acids is 1. The molecule has 0 bridgehead atoms. The van der Waals surface area contributed by atoms with E-state index in [4.69, 9.17) is 4.74 Å². The van der Waals surface area contributed by atoms with Crippen LogP contribution in [0.3, 0.4) is 0 Å². The first-order valence-electron chi connectivity index (χ1n) is 11.9. The number of benzene rings is 2. The lowest BCUT2D eigenvalue weighted by Crippen LogP contribution is -2.50. The van der Waals surface area contributed by atoms with Crippen LogP contribution in [0.1, 0.15) is 57.1 Å². The molecule has 1 atom stereocenters. The van der Waals surface area contributed by atoms with Crippen molar-refractivity contribution in [3.05, 3.63) is 71.8 Å². The molecule has 2 N–H and O–H groups in total. The molecular weight excluding hydrogens is 398 g/mol. The van der Waals surface area contributed by atoms with Gasteiger partial charge in [-0.1, -0.05) is 60.7 Å². The maximum Gasteiger partial charge on any atom is 0.410 e. The largest absolute Gasteiger partial charge is 0.444 e. The predicted molar refractivity (Wildman–Crippen MR) is 131 cm³/mol. The van der Waals surface area contributed by atoms with Gasteiger partial charge in [-0.2, -0.15) is 0 Å². The lowest BCUT2D eigenvalue weighted by Gasteiger charge is -2.34. The zero-order chi connectivity index (χ0) is 22.8. The Balaban J connectivity index is 1.39. The van der Waals surface area contributed by atoms with E-state index in [0.717, 1.165) is 52.0 Å². The Morgan fingerprint density at radius 3 is 2.22 bits per heavy atom. The Bertz CT molecular complexity index is 765. The third-order valence-corrected chi connectivity index (χ3v) is 5.82. The van der Waals surface area contributed by atoms with Crippen molar-refractivity contribution >= 4 is 6.09 Å². The monoisotopic (exact) mass is 437 g/mol. The van der Waals surface area contributed by atoms with Crippen LogP contribution in [-0.4, -0.2) is 55.4 Å². The first-order valence-corrected chi connectivity index (χ1v) is 11.9. The van der Waals surface area contributed by atoms with Crippen LogP contribution < -0.4 is 10.6 Å². The minimum Gasteiger partial charge on any atom is -0.444 e. The number of likely N-dealkylation sites (tertiary alicyclic amines) is 1. The van der Waals surface area contributed by atoms with Crippen molar-refractivity contribution in [3.8, 4) is 0 Å². The fraction of sp³-hybridized carbons (Fsp3) is 0.519. The van der Waals surface area contributed by atoms with Crippen LogP contribution in [0, 0.1) is 0 Å². The van der Waals surface area contributed by atoms with Gasteiger partial charge >= 0.3 is 6.09 Å². The molecule has 32 heavy (non-hydrogen) atoms. The molecule has 1 aliphatic heterocycles. The minimum atomic E-state index is -0.446. The van der Waals surface area contributed by atoms with Gasteiger partial charge in [0.2, 0.25) is 0 Å². The molecule has 1 unspecified atom stereocenters. The van der Waals surface area contributed by atoms with Crippen LogP contribution in [0.25, 0.3) is 0 Å². The molecule has 1 fully saturated rings. The molecule has 1 aliphatic rings. The van der Waals surface area contributed by atoms with Crippen molar-refractivity contribution in [1.82, 2.24) is 15.5 Å². The highest BCUT2D eigenvalue weighted by Crippen LogP contribution is 2.27. The first-order chi connectivity index (χ1) is 15.4. The average Bonchev–Trinajstić information content (AvgIpc) is 2.79. The van der Waals surface area contributed by atoms with Crippen molar-refractivity contribution in [2.24, 2.45) is 0 Å². The lowest BCUT2D eigenvalue weighted by atomic mass is 9.88. The molecule has 0 aliphatic carbocycles. The van der Waals surface area contributed by atoms with Crippen LogP contribution in [0.4, 0.5) is 4.79 Å². The standard InChI is InChI=1S/C27H39N3O2/c1-27(2,3)32-26(31)30-20-10-15-24(21-30)29-19-18-28-17-16-25(22-11-6-4-7-12-22)23-13-8-5-9-14-23/h4-9,11-14,24-25,28-29H,10,15-21H2,1-3H3. The Kier molecular flexibility index (Phi) is 9.12. The third kappa shape index (κ3) is 7.95. The summed E-state index contributed by atoms with van der Waals surface area (Å²) in [7, 11) is 0. The number of carbonyl (C=O) groups is 1. The highest BCUT2D eigenvalue weighted by atomic mass is 16.6. The second-order valence-corrected chi connectivity index (χ2v) is 9.63. The van der Waals surface area contributed by atoms with Crippen molar-refractivity contribution in [2.45, 2.75) is 57.6 Å². The zero-order valence-electron chi connectivity index (χ0n) is 19.8. The first kappa shape index (κ1) is 24.3. The maximum atomic E-state index is 12.3. The molecule has 1 heterocycles. The summed E-state index contributed by atoms with van der Waals surface area (Å²) in [5.74, 6) is 0.401. The fourth-order valence-corrected chi connectivity index (χ4v) is 4.27. The van der Waals surface area contributed by atoms with Crippen molar-refractivity contribution in [1.29, 1.82) is 0 Å². The molecule has 3 rings (SSSR count). The van der Waals surface area contributed by atoms with Crippen LogP contribution in [0.15, 0.2) is 60.7 Å². The number of ether oxygens (including phenoxy) is 1. The van der Waals surface area contributed by atoms with Crippen LogP contribution in [0.5, 0.6) is 0 Å². The molecule has 2 aromatic rings. The number of nitrogens with one attached hydrogen (secondary N) is 2. The number of nitrogens with zero attached hydrogens (tertiary/aromatic N) is 1. The third-order valence-electron chi connectivity index (χ3n) is 5.82. The van der Waals surface area contributed by atoms with Gasteiger partial charge in [-0.25, -0.2) is 4.79 Å². The molecule has 5 heteroatoms. The molecule has 174 valence electrons. The van der Waals surface area contributed by atoms with Gasteiger partial charge in [-0.3, -0.25) is 0 Å².